The fourth-order valence-electron chi connectivity index (χ4n) is 2.86. The molecule has 2 aromatic carbocycles. The standard InChI is InChI=1S/C17H17BrN2O2/c1-8-6-9(17(2,3)22)7-12-13(8)14-11(18)5-4-10(16(19)21)15(14)20-12/h4-7,20,22H,1-3H3,(H2,19,21). The summed E-state index contributed by atoms with van der Waals surface area (Å²) in [4.78, 5) is 14.9. The first-order valence-corrected chi connectivity index (χ1v) is 7.76. The summed E-state index contributed by atoms with van der Waals surface area (Å²) in [6.45, 7) is 5.50. The molecule has 5 heteroatoms. The fraction of sp³-hybridized carbons (Fsp3) is 0.235. The number of hydrogen-bond donors (Lipinski definition) is 3. The molecule has 0 aliphatic rings. The smallest absolute Gasteiger partial charge is 0.250 e. The normalized spacial score (nSPS) is 12.2. The molecule has 3 aromatic rings. The molecule has 114 valence electrons. The molecule has 4 nitrogen and oxygen atoms in total. The van der Waals surface area contributed by atoms with Gasteiger partial charge in [-0.05, 0) is 50.1 Å². The maximum absolute atomic E-state index is 11.7. The summed E-state index contributed by atoms with van der Waals surface area (Å²) < 4.78 is 0.901. The first kappa shape index (κ1) is 15.1. The van der Waals surface area contributed by atoms with Gasteiger partial charge >= 0.3 is 0 Å². The molecule has 0 aliphatic carbocycles. The number of H-pyrrole nitrogens is 1. The molecule has 1 amide bonds. The molecular weight excluding hydrogens is 344 g/mol. The van der Waals surface area contributed by atoms with Crippen LogP contribution in [0.5, 0.6) is 0 Å². The zero-order valence-electron chi connectivity index (χ0n) is 12.6. The van der Waals surface area contributed by atoms with Crippen LogP contribution < -0.4 is 5.73 Å². The predicted molar refractivity (Wildman–Crippen MR) is 92.0 cm³/mol. The number of carbonyl (C=O) groups excluding carboxylic acids is 1. The minimum atomic E-state index is -0.931. The van der Waals surface area contributed by atoms with Crippen LogP contribution in [0.3, 0.4) is 0 Å². The average Bonchev–Trinajstić information content (AvgIpc) is 2.77. The molecule has 1 heterocycles. The lowest BCUT2D eigenvalue weighted by Crippen LogP contribution is -2.15. The summed E-state index contributed by atoms with van der Waals surface area (Å²) in [5, 5.41) is 12.2. The Hall–Kier alpha value is -1.85. The first-order valence-electron chi connectivity index (χ1n) is 6.97. The van der Waals surface area contributed by atoms with Crippen molar-refractivity contribution in [1.82, 2.24) is 4.98 Å². The predicted octanol–water partition coefficient (Wildman–Crippen LogP) is 3.72. The van der Waals surface area contributed by atoms with Crippen LogP contribution in [-0.2, 0) is 5.60 Å². The Morgan fingerprint density at radius 1 is 1.27 bits per heavy atom. The number of hydrogen-bond acceptors (Lipinski definition) is 2. The van der Waals surface area contributed by atoms with Crippen LogP contribution in [0.25, 0.3) is 21.8 Å². The second-order valence-corrected chi connectivity index (χ2v) is 6.96. The molecule has 3 rings (SSSR count). The van der Waals surface area contributed by atoms with Crippen molar-refractivity contribution in [2.75, 3.05) is 0 Å². The van der Waals surface area contributed by atoms with E-state index in [1.807, 2.05) is 25.1 Å². The van der Waals surface area contributed by atoms with E-state index >= 15 is 0 Å². The van der Waals surface area contributed by atoms with E-state index in [0.29, 0.717) is 11.1 Å². The van der Waals surface area contributed by atoms with Crippen LogP contribution in [0.15, 0.2) is 28.7 Å². The van der Waals surface area contributed by atoms with Gasteiger partial charge in [0.05, 0.1) is 16.7 Å². The minimum absolute atomic E-state index is 0.457. The number of fused-ring (bicyclic) bond motifs is 3. The molecule has 0 radical (unpaired) electrons. The highest BCUT2D eigenvalue weighted by atomic mass is 79.9. The number of aromatic amines is 1. The summed E-state index contributed by atoms with van der Waals surface area (Å²) in [6.07, 6.45) is 0. The highest BCUT2D eigenvalue weighted by molar-refractivity contribution is 9.10. The van der Waals surface area contributed by atoms with E-state index in [1.54, 1.807) is 19.9 Å². The van der Waals surface area contributed by atoms with Crippen molar-refractivity contribution in [2.24, 2.45) is 5.73 Å². The number of rotatable bonds is 2. The van der Waals surface area contributed by atoms with Crippen LogP contribution in [0.2, 0.25) is 0 Å². The molecule has 0 spiro atoms. The van der Waals surface area contributed by atoms with Gasteiger partial charge in [0.25, 0.3) is 5.91 Å². The molecule has 0 bridgehead atoms. The van der Waals surface area contributed by atoms with E-state index in [0.717, 1.165) is 31.9 Å². The van der Waals surface area contributed by atoms with Gasteiger partial charge in [0, 0.05) is 20.8 Å². The fourth-order valence-corrected chi connectivity index (χ4v) is 3.39. The number of halogens is 1. The summed E-state index contributed by atoms with van der Waals surface area (Å²) in [7, 11) is 0. The lowest BCUT2D eigenvalue weighted by Gasteiger charge is -2.18. The van der Waals surface area contributed by atoms with E-state index < -0.39 is 11.5 Å². The summed E-state index contributed by atoms with van der Waals surface area (Å²) in [6, 6.07) is 7.42. The van der Waals surface area contributed by atoms with Gasteiger partial charge in [0.1, 0.15) is 0 Å². The summed E-state index contributed by atoms with van der Waals surface area (Å²) >= 11 is 3.55. The average molecular weight is 361 g/mol. The van der Waals surface area contributed by atoms with Crippen LogP contribution in [-0.4, -0.2) is 16.0 Å². The van der Waals surface area contributed by atoms with Crippen molar-refractivity contribution in [1.29, 1.82) is 0 Å². The molecule has 22 heavy (non-hydrogen) atoms. The molecule has 0 saturated carbocycles. The van der Waals surface area contributed by atoms with Gasteiger partial charge < -0.3 is 15.8 Å². The maximum atomic E-state index is 11.7. The second kappa shape index (κ2) is 4.83. The van der Waals surface area contributed by atoms with Crippen molar-refractivity contribution in [3.05, 3.63) is 45.4 Å². The number of aromatic nitrogens is 1. The Morgan fingerprint density at radius 2 is 1.95 bits per heavy atom. The summed E-state index contributed by atoms with van der Waals surface area (Å²) in [5.41, 5.74) is 8.44. The van der Waals surface area contributed by atoms with Gasteiger partial charge in [-0.2, -0.15) is 0 Å². The zero-order valence-corrected chi connectivity index (χ0v) is 14.2. The van der Waals surface area contributed by atoms with Crippen molar-refractivity contribution in [2.45, 2.75) is 26.4 Å². The lowest BCUT2D eigenvalue weighted by atomic mass is 9.94. The van der Waals surface area contributed by atoms with Crippen LogP contribution in [0.4, 0.5) is 0 Å². The van der Waals surface area contributed by atoms with Crippen LogP contribution in [0, 0.1) is 6.92 Å². The second-order valence-electron chi connectivity index (χ2n) is 6.11. The number of nitrogens with one attached hydrogen (secondary N) is 1. The van der Waals surface area contributed by atoms with Gasteiger partial charge in [-0.15, -0.1) is 0 Å². The third kappa shape index (κ3) is 2.21. The van der Waals surface area contributed by atoms with Crippen LogP contribution in [0.1, 0.15) is 35.3 Å². The largest absolute Gasteiger partial charge is 0.386 e. The number of nitrogens with two attached hydrogens (primary N) is 1. The number of benzene rings is 2. The van der Waals surface area contributed by atoms with Crippen molar-refractivity contribution in [3.63, 3.8) is 0 Å². The topological polar surface area (TPSA) is 79.1 Å². The van der Waals surface area contributed by atoms with Gasteiger partial charge in [-0.1, -0.05) is 22.0 Å². The van der Waals surface area contributed by atoms with E-state index in [9.17, 15) is 9.90 Å². The maximum Gasteiger partial charge on any atom is 0.250 e. The summed E-state index contributed by atoms with van der Waals surface area (Å²) in [5.74, 6) is -0.468. The number of amides is 1. The van der Waals surface area contributed by atoms with E-state index in [4.69, 9.17) is 5.73 Å². The van der Waals surface area contributed by atoms with Crippen molar-refractivity contribution < 1.29 is 9.90 Å². The SMILES string of the molecule is Cc1cc(C(C)(C)O)cc2[nH]c3c(C(N)=O)ccc(Br)c3c12. The monoisotopic (exact) mass is 360 g/mol. The van der Waals surface area contributed by atoms with Crippen molar-refractivity contribution in [3.8, 4) is 0 Å². The molecule has 1 aromatic heterocycles. The quantitative estimate of drug-likeness (QED) is 0.651. The Kier molecular flexibility index (Phi) is 3.30. The Labute approximate surface area is 136 Å². The number of aliphatic hydroxyl groups is 1. The zero-order chi connectivity index (χ0) is 16.2. The van der Waals surface area contributed by atoms with Gasteiger partial charge in [0.2, 0.25) is 0 Å². The molecular formula is C17H17BrN2O2. The third-order valence-corrected chi connectivity index (χ3v) is 4.63. The van der Waals surface area contributed by atoms with Gasteiger partial charge in [-0.3, -0.25) is 4.79 Å². The number of carbonyl (C=O) groups is 1. The van der Waals surface area contributed by atoms with Gasteiger partial charge in [0.15, 0.2) is 0 Å². The minimum Gasteiger partial charge on any atom is -0.386 e. The molecule has 4 N–H and O–H groups in total. The molecule has 0 aliphatic heterocycles. The van der Waals surface area contributed by atoms with E-state index in [1.165, 1.54) is 0 Å². The molecule has 0 saturated heterocycles. The number of primary amides is 1. The third-order valence-electron chi connectivity index (χ3n) is 3.97. The van der Waals surface area contributed by atoms with E-state index in [-0.39, 0.29) is 0 Å². The Bertz CT molecular complexity index is 920. The highest BCUT2D eigenvalue weighted by Gasteiger charge is 2.21. The molecule has 0 fully saturated rings. The van der Waals surface area contributed by atoms with Crippen LogP contribution >= 0.6 is 15.9 Å². The number of aryl methyl sites for hydroxylation is 1. The Balaban J connectivity index is 2.49. The highest BCUT2D eigenvalue weighted by Crippen LogP contribution is 2.37. The van der Waals surface area contributed by atoms with Crippen molar-refractivity contribution >= 4 is 43.6 Å². The van der Waals surface area contributed by atoms with E-state index in [2.05, 4.69) is 20.9 Å². The van der Waals surface area contributed by atoms with Gasteiger partial charge in [-0.25, -0.2) is 0 Å². The molecule has 0 atom stereocenters. The molecule has 0 unspecified atom stereocenters. The lowest BCUT2D eigenvalue weighted by molar-refractivity contribution is 0.0786. The Morgan fingerprint density at radius 3 is 2.55 bits per heavy atom. The first-order chi connectivity index (χ1) is 10.2.